The van der Waals surface area contributed by atoms with Crippen LogP contribution in [0.2, 0.25) is 0 Å². The number of aldehydes is 1. The molecule has 0 N–H and O–H groups in total. The highest BCUT2D eigenvalue weighted by molar-refractivity contribution is 5.54. The molecule has 1 aliphatic rings. The van der Waals surface area contributed by atoms with Crippen LogP contribution in [0, 0.1) is 0 Å². The van der Waals surface area contributed by atoms with Crippen molar-refractivity contribution in [2.75, 3.05) is 0 Å². The van der Waals surface area contributed by atoms with Crippen molar-refractivity contribution < 1.29 is 14.3 Å². The van der Waals surface area contributed by atoms with Crippen LogP contribution in [0.4, 0.5) is 0 Å². The van der Waals surface area contributed by atoms with Gasteiger partial charge in [-0.15, -0.1) is 0 Å². The Bertz CT molecular complexity index is 160. The van der Waals surface area contributed by atoms with Crippen molar-refractivity contribution in [1.29, 1.82) is 0 Å². The van der Waals surface area contributed by atoms with Crippen LogP contribution in [0.15, 0.2) is 12.3 Å². The highest BCUT2D eigenvalue weighted by Crippen LogP contribution is 2.18. The minimum absolute atomic E-state index is 0.385. The molecule has 0 saturated heterocycles. The summed E-state index contributed by atoms with van der Waals surface area (Å²) in [6.45, 7) is 3.73. The van der Waals surface area contributed by atoms with Crippen LogP contribution in [-0.4, -0.2) is 18.2 Å². The molecule has 1 aliphatic heterocycles. The van der Waals surface area contributed by atoms with Gasteiger partial charge in [-0.2, -0.15) is 0 Å². The van der Waals surface area contributed by atoms with Crippen molar-refractivity contribution in [2.24, 2.45) is 0 Å². The van der Waals surface area contributed by atoms with E-state index < -0.39 is 6.29 Å². The van der Waals surface area contributed by atoms with E-state index in [2.05, 4.69) is 0 Å². The van der Waals surface area contributed by atoms with Crippen LogP contribution in [-0.2, 0) is 14.3 Å². The molecule has 0 bridgehead atoms. The van der Waals surface area contributed by atoms with E-state index in [4.69, 9.17) is 9.47 Å². The maximum Gasteiger partial charge on any atom is 0.256 e. The van der Waals surface area contributed by atoms with Crippen molar-refractivity contribution in [2.45, 2.75) is 25.7 Å². The van der Waals surface area contributed by atoms with Gasteiger partial charge in [0.25, 0.3) is 6.29 Å². The predicted octanol–water partition coefficient (Wildman–Crippen LogP) is 0.850. The van der Waals surface area contributed by atoms with E-state index >= 15 is 0 Å². The molecular weight excluding hydrogens is 132 g/mol. The largest absolute Gasteiger partial charge is 0.465 e. The van der Waals surface area contributed by atoms with Gasteiger partial charge in [-0.05, 0) is 19.9 Å². The van der Waals surface area contributed by atoms with Crippen LogP contribution < -0.4 is 0 Å². The van der Waals surface area contributed by atoms with Gasteiger partial charge in [-0.3, -0.25) is 4.79 Å². The highest BCUT2D eigenvalue weighted by Gasteiger charge is 2.24. The lowest BCUT2D eigenvalue weighted by Crippen LogP contribution is -2.33. The standard InChI is InChI=1S/C7H10O3/c1-7(2)3-4-9-6(5-8)10-7/h3-6H,1-2H3. The zero-order valence-corrected chi connectivity index (χ0v) is 6.03. The maximum atomic E-state index is 10.2. The van der Waals surface area contributed by atoms with Crippen molar-refractivity contribution in [3.05, 3.63) is 12.3 Å². The zero-order valence-electron chi connectivity index (χ0n) is 6.03. The van der Waals surface area contributed by atoms with Crippen molar-refractivity contribution in [3.63, 3.8) is 0 Å². The number of hydrogen-bond acceptors (Lipinski definition) is 3. The summed E-state index contributed by atoms with van der Waals surface area (Å²) in [4.78, 5) is 10.2. The average molecular weight is 142 g/mol. The van der Waals surface area contributed by atoms with Gasteiger partial charge < -0.3 is 9.47 Å². The molecule has 0 aromatic heterocycles. The van der Waals surface area contributed by atoms with E-state index in [1.165, 1.54) is 6.26 Å². The van der Waals surface area contributed by atoms with Crippen LogP contribution in [0.5, 0.6) is 0 Å². The molecule has 3 nitrogen and oxygen atoms in total. The Hall–Kier alpha value is -0.830. The Balaban J connectivity index is 2.62. The van der Waals surface area contributed by atoms with Crippen molar-refractivity contribution >= 4 is 6.29 Å². The summed E-state index contributed by atoms with van der Waals surface area (Å²) in [6.07, 6.45) is 3.14. The molecule has 1 unspecified atom stereocenters. The van der Waals surface area contributed by atoms with Gasteiger partial charge in [0.2, 0.25) is 0 Å². The number of ether oxygens (including phenoxy) is 2. The molecule has 56 valence electrons. The lowest BCUT2D eigenvalue weighted by Gasteiger charge is -2.28. The smallest absolute Gasteiger partial charge is 0.256 e. The molecule has 0 spiro atoms. The zero-order chi connectivity index (χ0) is 7.61. The number of rotatable bonds is 1. The van der Waals surface area contributed by atoms with Crippen LogP contribution in [0.1, 0.15) is 13.8 Å². The second kappa shape index (κ2) is 2.42. The van der Waals surface area contributed by atoms with Gasteiger partial charge in [0.05, 0.1) is 11.9 Å². The third kappa shape index (κ3) is 1.57. The summed E-state index contributed by atoms with van der Waals surface area (Å²) in [5, 5.41) is 0. The Morgan fingerprint density at radius 1 is 1.60 bits per heavy atom. The molecule has 10 heavy (non-hydrogen) atoms. The molecule has 0 aromatic carbocycles. The summed E-state index contributed by atoms with van der Waals surface area (Å²) in [7, 11) is 0. The lowest BCUT2D eigenvalue weighted by molar-refractivity contribution is -0.175. The van der Waals surface area contributed by atoms with E-state index in [0.717, 1.165) is 0 Å². The molecular formula is C7H10O3. The first-order valence-electron chi connectivity index (χ1n) is 3.10. The number of hydrogen-bond donors (Lipinski definition) is 0. The van der Waals surface area contributed by atoms with E-state index in [-0.39, 0.29) is 5.60 Å². The van der Waals surface area contributed by atoms with Gasteiger partial charge in [0.1, 0.15) is 0 Å². The van der Waals surface area contributed by atoms with E-state index in [9.17, 15) is 4.79 Å². The summed E-state index contributed by atoms with van der Waals surface area (Å²) in [5.41, 5.74) is -0.385. The molecule has 1 heterocycles. The first-order chi connectivity index (χ1) is 4.64. The summed E-state index contributed by atoms with van der Waals surface area (Å²) >= 11 is 0. The average Bonchev–Trinajstić information content (AvgIpc) is 1.86. The summed E-state index contributed by atoms with van der Waals surface area (Å²) < 4.78 is 9.94. The Morgan fingerprint density at radius 2 is 2.30 bits per heavy atom. The lowest BCUT2D eigenvalue weighted by atomic mass is 10.1. The Morgan fingerprint density at radius 3 is 2.70 bits per heavy atom. The first-order valence-corrected chi connectivity index (χ1v) is 3.10. The van der Waals surface area contributed by atoms with Crippen LogP contribution >= 0.6 is 0 Å². The molecule has 1 rings (SSSR count). The van der Waals surface area contributed by atoms with Gasteiger partial charge >= 0.3 is 0 Å². The topological polar surface area (TPSA) is 35.5 Å². The quantitative estimate of drug-likeness (QED) is 0.509. The van der Waals surface area contributed by atoms with Crippen molar-refractivity contribution in [1.82, 2.24) is 0 Å². The third-order valence-corrected chi connectivity index (χ3v) is 1.21. The predicted molar refractivity (Wildman–Crippen MR) is 35.2 cm³/mol. The van der Waals surface area contributed by atoms with Crippen molar-refractivity contribution in [3.8, 4) is 0 Å². The molecule has 0 amide bonds. The van der Waals surface area contributed by atoms with E-state index in [1.807, 2.05) is 13.8 Å². The molecule has 0 fully saturated rings. The molecule has 0 aromatic rings. The normalized spacial score (nSPS) is 29.2. The van der Waals surface area contributed by atoms with E-state index in [0.29, 0.717) is 6.29 Å². The second-order valence-corrected chi connectivity index (χ2v) is 2.66. The maximum absolute atomic E-state index is 10.2. The third-order valence-electron chi connectivity index (χ3n) is 1.21. The number of carbonyl (C=O) groups is 1. The molecule has 0 saturated carbocycles. The second-order valence-electron chi connectivity index (χ2n) is 2.66. The van der Waals surface area contributed by atoms with Gasteiger partial charge in [-0.1, -0.05) is 0 Å². The van der Waals surface area contributed by atoms with Crippen LogP contribution in [0.25, 0.3) is 0 Å². The molecule has 0 radical (unpaired) electrons. The van der Waals surface area contributed by atoms with Crippen LogP contribution in [0.3, 0.4) is 0 Å². The molecule has 3 heteroatoms. The molecule has 1 atom stereocenters. The van der Waals surface area contributed by atoms with Gasteiger partial charge in [-0.25, -0.2) is 0 Å². The fourth-order valence-electron chi connectivity index (χ4n) is 0.707. The number of carbonyl (C=O) groups excluding carboxylic acids is 1. The van der Waals surface area contributed by atoms with E-state index in [1.54, 1.807) is 6.08 Å². The first kappa shape index (κ1) is 7.28. The molecule has 0 aliphatic carbocycles. The minimum atomic E-state index is -0.736. The van der Waals surface area contributed by atoms with Gasteiger partial charge in [0.15, 0.2) is 6.29 Å². The fourth-order valence-corrected chi connectivity index (χ4v) is 0.707. The summed E-state index contributed by atoms with van der Waals surface area (Å²) in [6, 6.07) is 0. The Kier molecular flexibility index (Phi) is 1.76. The minimum Gasteiger partial charge on any atom is -0.465 e. The fraction of sp³-hybridized carbons (Fsp3) is 0.571. The monoisotopic (exact) mass is 142 g/mol. The SMILES string of the molecule is CC1(C)C=COC(C=O)O1. The Labute approximate surface area is 59.6 Å². The summed E-state index contributed by atoms with van der Waals surface area (Å²) in [5.74, 6) is 0. The highest BCUT2D eigenvalue weighted by atomic mass is 16.7. The van der Waals surface area contributed by atoms with Gasteiger partial charge in [0, 0.05) is 0 Å².